The van der Waals surface area contributed by atoms with Gasteiger partial charge in [-0.2, -0.15) is 5.26 Å². The molecule has 2 aromatic carbocycles. The zero-order valence-electron chi connectivity index (χ0n) is 18.3. The number of amides is 2. The summed E-state index contributed by atoms with van der Waals surface area (Å²) in [7, 11) is 4.27. The minimum atomic E-state index is -0.0742. The number of likely N-dealkylation sites (N-methyl/N-ethyl adjacent to an activating group) is 1. The summed E-state index contributed by atoms with van der Waals surface area (Å²) >= 11 is 0. The fourth-order valence-electron chi connectivity index (χ4n) is 4.35. The Bertz CT molecular complexity index is 943. The normalized spacial score (nSPS) is 18.9. The van der Waals surface area contributed by atoms with Gasteiger partial charge in [-0.1, -0.05) is 12.1 Å². The van der Waals surface area contributed by atoms with E-state index in [-0.39, 0.29) is 6.03 Å². The zero-order chi connectivity index (χ0) is 21.8. The summed E-state index contributed by atoms with van der Waals surface area (Å²) in [6.07, 6.45) is 1.18. The van der Waals surface area contributed by atoms with E-state index in [1.807, 2.05) is 41.3 Å². The van der Waals surface area contributed by atoms with Crippen LogP contribution in [0.1, 0.15) is 12.0 Å². The third-order valence-corrected chi connectivity index (χ3v) is 6.31. The number of nitriles is 1. The first kappa shape index (κ1) is 21.0. The lowest BCUT2D eigenvalue weighted by molar-refractivity contribution is 0.208. The molecule has 7 nitrogen and oxygen atoms in total. The molecule has 0 aromatic heterocycles. The summed E-state index contributed by atoms with van der Waals surface area (Å²) in [5.74, 6) is 0. The van der Waals surface area contributed by atoms with E-state index in [1.165, 1.54) is 12.1 Å². The molecule has 4 rings (SSSR count). The van der Waals surface area contributed by atoms with Gasteiger partial charge in [-0.05, 0) is 56.9 Å². The van der Waals surface area contributed by atoms with Crippen molar-refractivity contribution in [2.45, 2.75) is 12.5 Å². The van der Waals surface area contributed by atoms with Gasteiger partial charge in [-0.25, -0.2) is 4.79 Å². The van der Waals surface area contributed by atoms with E-state index in [4.69, 9.17) is 0 Å². The predicted molar refractivity (Wildman–Crippen MR) is 125 cm³/mol. The van der Waals surface area contributed by atoms with Gasteiger partial charge in [0, 0.05) is 56.7 Å². The molecule has 0 bridgehead atoms. The summed E-state index contributed by atoms with van der Waals surface area (Å²) in [5, 5.41) is 12.3. The number of hydrogen-bond donors (Lipinski definition) is 1. The maximum Gasteiger partial charge on any atom is 0.321 e. The van der Waals surface area contributed by atoms with Gasteiger partial charge < -0.3 is 24.9 Å². The highest BCUT2D eigenvalue weighted by Gasteiger charge is 2.25. The number of hydrogen-bond acceptors (Lipinski definition) is 5. The molecule has 0 spiro atoms. The van der Waals surface area contributed by atoms with E-state index in [2.05, 4.69) is 52.3 Å². The van der Waals surface area contributed by atoms with Crippen molar-refractivity contribution in [1.82, 2.24) is 9.80 Å². The van der Waals surface area contributed by atoms with E-state index in [9.17, 15) is 10.1 Å². The van der Waals surface area contributed by atoms with Gasteiger partial charge in [0.1, 0.15) is 6.07 Å². The van der Waals surface area contributed by atoms with E-state index >= 15 is 0 Å². The molecular formula is C24H30N6O. The maximum atomic E-state index is 12.7. The van der Waals surface area contributed by atoms with Crippen molar-refractivity contribution in [3.05, 3.63) is 54.1 Å². The third-order valence-electron chi connectivity index (χ3n) is 6.31. The molecule has 1 atom stereocenters. The summed E-state index contributed by atoms with van der Waals surface area (Å²) in [4.78, 5) is 21.4. The minimum Gasteiger partial charge on any atom is -0.370 e. The zero-order valence-corrected chi connectivity index (χ0v) is 18.3. The summed E-state index contributed by atoms with van der Waals surface area (Å²) in [6.45, 7) is 4.79. The molecule has 2 aliphatic rings. The van der Waals surface area contributed by atoms with Crippen molar-refractivity contribution in [3.63, 3.8) is 0 Å². The highest BCUT2D eigenvalue weighted by molar-refractivity contribution is 5.89. The van der Waals surface area contributed by atoms with Crippen LogP contribution in [0.3, 0.4) is 0 Å². The van der Waals surface area contributed by atoms with Crippen LogP contribution in [-0.4, -0.2) is 75.2 Å². The van der Waals surface area contributed by atoms with Crippen molar-refractivity contribution < 1.29 is 4.79 Å². The van der Waals surface area contributed by atoms with Gasteiger partial charge in [-0.15, -0.1) is 0 Å². The molecule has 0 saturated carbocycles. The molecule has 1 N–H and O–H groups in total. The Balaban J connectivity index is 1.30. The van der Waals surface area contributed by atoms with Crippen molar-refractivity contribution in [2.24, 2.45) is 0 Å². The van der Waals surface area contributed by atoms with Gasteiger partial charge in [0.25, 0.3) is 0 Å². The lowest BCUT2D eigenvalue weighted by atomic mass is 10.1. The van der Waals surface area contributed by atoms with Crippen LogP contribution in [0.15, 0.2) is 48.5 Å². The summed E-state index contributed by atoms with van der Waals surface area (Å²) in [5.41, 5.74) is 3.64. The Morgan fingerprint density at radius 2 is 1.71 bits per heavy atom. The standard InChI is InChI=1S/C24H30N6O/c1-27(2)22-11-12-30(18-22)21-9-7-20(8-10-21)26-24(31)29-15-13-28(14-16-29)23-6-4-3-5-19(23)17-25/h3-10,22H,11-16,18H2,1-2H3,(H,26,31). The first-order valence-electron chi connectivity index (χ1n) is 10.9. The second-order valence-electron chi connectivity index (χ2n) is 8.43. The molecule has 162 valence electrons. The quantitative estimate of drug-likeness (QED) is 0.827. The van der Waals surface area contributed by atoms with E-state index < -0.39 is 0 Å². The molecule has 7 heteroatoms. The minimum absolute atomic E-state index is 0.0742. The number of carbonyl (C=O) groups is 1. The number of nitrogens with one attached hydrogen (secondary N) is 1. The molecule has 1 unspecified atom stereocenters. The molecule has 2 amide bonds. The Morgan fingerprint density at radius 3 is 2.35 bits per heavy atom. The van der Waals surface area contributed by atoms with Crippen molar-refractivity contribution >= 4 is 23.1 Å². The van der Waals surface area contributed by atoms with Gasteiger partial charge in [0.2, 0.25) is 0 Å². The van der Waals surface area contributed by atoms with Crippen LogP contribution in [0.2, 0.25) is 0 Å². The maximum absolute atomic E-state index is 12.7. The van der Waals surface area contributed by atoms with Gasteiger partial charge in [0.15, 0.2) is 0 Å². The average molecular weight is 419 g/mol. The number of para-hydroxylation sites is 1. The lowest BCUT2D eigenvalue weighted by Crippen LogP contribution is -2.50. The van der Waals surface area contributed by atoms with E-state index in [0.29, 0.717) is 37.8 Å². The Morgan fingerprint density at radius 1 is 1.00 bits per heavy atom. The molecule has 2 fully saturated rings. The van der Waals surface area contributed by atoms with Crippen LogP contribution >= 0.6 is 0 Å². The Kier molecular flexibility index (Phi) is 6.28. The predicted octanol–water partition coefficient (Wildman–Crippen LogP) is 3.05. The fourth-order valence-corrected chi connectivity index (χ4v) is 4.35. The second kappa shape index (κ2) is 9.27. The number of benzene rings is 2. The Labute approximate surface area is 184 Å². The van der Waals surface area contributed by atoms with Gasteiger partial charge >= 0.3 is 6.03 Å². The number of urea groups is 1. The van der Waals surface area contributed by atoms with E-state index in [0.717, 1.165) is 24.5 Å². The third kappa shape index (κ3) is 4.75. The molecule has 2 saturated heterocycles. The van der Waals surface area contributed by atoms with Crippen LogP contribution in [0, 0.1) is 11.3 Å². The number of rotatable bonds is 4. The van der Waals surface area contributed by atoms with Crippen molar-refractivity contribution in [2.75, 3.05) is 68.5 Å². The number of piperazine rings is 1. The summed E-state index contributed by atoms with van der Waals surface area (Å²) in [6, 6.07) is 18.5. The first-order valence-corrected chi connectivity index (χ1v) is 10.9. The molecule has 0 aliphatic carbocycles. The fraction of sp³-hybridized carbons (Fsp3) is 0.417. The topological polar surface area (TPSA) is 65.8 Å². The van der Waals surface area contributed by atoms with Crippen LogP contribution in [0.5, 0.6) is 0 Å². The van der Waals surface area contributed by atoms with Crippen LogP contribution in [-0.2, 0) is 0 Å². The van der Waals surface area contributed by atoms with Gasteiger partial charge in [0.05, 0.1) is 11.3 Å². The van der Waals surface area contributed by atoms with E-state index in [1.54, 1.807) is 0 Å². The van der Waals surface area contributed by atoms with Crippen LogP contribution < -0.4 is 15.1 Å². The largest absolute Gasteiger partial charge is 0.370 e. The van der Waals surface area contributed by atoms with Crippen LogP contribution in [0.25, 0.3) is 0 Å². The average Bonchev–Trinajstić information content (AvgIpc) is 3.30. The highest BCUT2D eigenvalue weighted by Crippen LogP contribution is 2.24. The first-order chi connectivity index (χ1) is 15.0. The second-order valence-corrected chi connectivity index (χ2v) is 8.43. The van der Waals surface area contributed by atoms with Gasteiger partial charge in [-0.3, -0.25) is 0 Å². The van der Waals surface area contributed by atoms with Crippen LogP contribution in [0.4, 0.5) is 21.9 Å². The Hall–Kier alpha value is -3.24. The van der Waals surface area contributed by atoms with Crippen molar-refractivity contribution in [3.8, 4) is 6.07 Å². The SMILES string of the molecule is CN(C)C1CCN(c2ccc(NC(=O)N3CCN(c4ccccc4C#N)CC3)cc2)C1. The molecule has 0 radical (unpaired) electrons. The number of carbonyl (C=O) groups excluding carboxylic acids is 1. The lowest BCUT2D eigenvalue weighted by Gasteiger charge is -2.36. The summed E-state index contributed by atoms with van der Waals surface area (Å²) < 4.78 is 0. The monoisotopic (exact) mass is 418 g/mol. The number of nitrogens with zero attached hydrogens (tertiary/aromatic N) is 5. The number of anilines is 3. The molecule has 2 aromatic rings. The molecule has 2 heterocycles. The smallest absolute Gasteiger partial charge is 0.321 e. The molecular weight excluding hydrogens is 388 g/mol. The highest BCUT2D eigenvalue weighted by atomic mass is 16.2. The molecule has 2 aliphatic heterocycles. The van der Waals surface area contributed by atoms with Crippen molar-refractivity contribution in [1.29, 1.82) is 5.26 Å². The molecule has 31 heavy (non-hydrogen) atoms.